The average molecular weight is 228 g/mol. The van der Waals surface area contributed by atoms with Crippen LogP contribution < -0.4 is 10.6 Å². The number of ether oxygens (including phenoxy) is 1. The topological polar surface area (TPSA) is 50.4 Å². The van der Waals surface area contributed by atoms with E-state index in [9.17, 15) is 4.79 Å². The van der Waals surface area contributed by atoms with Gasteiger partial charge in [-0.3, -0.25) is 0 Å². The molecule has 0 radical (unpaired) electrons. The lowest BCUT2D eigenvalue weighted by Gasteiger charge is -2.19. The molecular weight excluding hydrogens is 204 g/mol. The van der Waals surface area contributed by atoms with Gasteiger partial charge in [-0.2, -0.15) is 0 Å². The Morgan fingerprint density at radius 3 is 2.31 bits per heavy atom. The molecule has 0 saturated carbocycles. The van der Waals surface area contributed by atoms with Gasteiger partial charge in [-0.25, -0.2) is 4.79 Å². The van der Waals surface area contributed by atoms with Crippen molar-refractivity contribution < 1.29 is 9.53 Å². The number of amides is 1. The quantitative estimate of drug-likeness (QED) is 0.708. The van der Waals surface area contributed by atoms with E-state index in [1.807, 2.05) is 32.9 Å². The fraction of sp³-hybridized carbons (Fsp3) is 0.750. The minimum Gasteiger partial charge on any atom is -0.444 e. The summed E-state index contributed by atoms with van der Waals surface area (Å²) in [5.41, 5.74) is -0.438. The summed E-state index contributed by atoms with van der Waals surface area (Å²) in [4.78, 5) is 11.2. The molecule has 0 bridgehead atoms. The van der Waals surface area contributed by atoms with Crippen molar-refractivity contribution in [2.45, 2.75) is 46.3 Å². The number of carbonyl (C=O) groups excluding carboxylic acids is 1. The molecule has 16 heavy (non-hydrogen) atoms. The van der Waals surface area contributed by atoms with Crippen LogP contribution in [0.4, 0.5) is 4.79 Å². The van der Waals surface area contributed by atoms with Crippen LogP contribution in [0.2, 0.25) is 0 Å². The number of alkyl carbamates (subject to hydrolysis) is 1. The van der Waals surface area contributed by atoms with Gasteiger partial charge in [0.2, 0.25) is 0 Å². The summed E-state index contributed by atoms with van der Waals surface area (Å²) in [6.45, 7) is 11.0. The molecule has 4 nitrogen and oxygen atoms in total. The lowest BCUT2D eigenvalue weighted by atomic mass is 10.2. The number of hydrogen-bond acceptors (Lipinski definition) is 3. The minimum absolute atomic E-state index is 0.381. The van der Waals surface area contributed by atoms with E-state index in [4.69, 9.17) is 4.74 Å². The maximum absolute atomic E-state index is 11.2. The molecule has 94 valence electrons. The van der Waals surface area contributed by atoms with E-state index in [1.165, 1.54) is 0 Å². The molecule has 0 aliphatic heterocycles. The highest BCUT2D eigenvalue weighted by molar-refractivity contribution is 5.67. The van der Waals surface area contributed by atoms with Crippen LogP contribution in [0.25, 0.3) is 0 Å². The number of rotatable bonds is 5. The molecule has 0 fully saturated rings. The summed E-state index contributed by atoms with van der Waals surface area (Å²) in [7, 11) is 0. The molecule has 0 aromatic rings. The second-order valence-corrected chi connectivity index (χ2v) is 4.92. The van der Waals surface area contributed by atoms with Crippen LogP contribution in [0.5, 0.6) is 0 Å². The second-order valence-electron chi connectivity index (χ2n) is 4.92. The van der Waals surface area contributed by atoms with Crippen molar-refractivity contribution in [1.82, 2.24) is 10.6 Å². The third-order valence-electron chi connectivity index (χ3n) is 1.57. The molecule has 0 aromatic carbocycles. The van der Waals surface area contributed by atoms with E-state index < -0.39 is 5.60 Å². The van der Waals surface area contributed by atoms with Crippen LogP contribution >= 0.6 is 0 Å². The number of hydrogen-bond donors (Lipinski definition) is 2. The largest absolute Gasteiger partial charge is 0.444 e. The van der Waals surface area contributed by atoms with Crippen molar-refractivity contribution in [3.05, 3.63) is 12.2 Å². The van der Waals surface area contributed by atoms with E-state index in [1.54, 1.807) is 0 Å². The van der Waals surface area contributed by atoms with Crippen LogP contribution in [0.1, 0.15) is 34.6 Å². The fourth-order valence-corrected chi connectivity index (χ4v) is 0.927. The van der Waals surface area contributed by atoms with Gasteiger partial charge < -0.3 is 15.4 Å². The Bertz CT molecular complexity index is 230. The van der Waals surface area contributed by atoms with Gasteiger partial charge in [0.05, 0.1) is 0 Å². The zero-order chi connectivity index (χ0) is 12.6. The van der Waals surface area contributed by atoms with Crippen molar-refractivity contribution in [2.75, 3.05) is 13.1 Å². The van der Waals surface area contributed by atoms with Crippen molar-refractivity contribution in [3.63, 3.8) is 0 Å². The van der Waals surface area contributed by atoms with Crippen LogP contribution in [0.3, 0.4) is 0 Å². The molecule has 2 N–H and O–H groups in total. The maximum Gasteiger partial charge on any atom is 0.407 e. The zero-order valence-electron chi connectivity index (χ0n) is 11.0. The lowest BCUT2D eigenvalue weighted by Crippen LogP contribution is -2.32. The third-order valence-corrected chi connectivity index (χ3v) is 1.57. The number of nitrogens with one attached hydrogen (secondary N) is 2. The zero-order valence-corrected chi connectivity index (χ0v) is 11.0. The first-order valence-electron chi connectivity index (χ1n) is 5.66. The van der Waals surface area contributed by atoms with Crippen molar-refractivity contribution >= 4 is 6.09 Å². The van der Waals surface area contributed by atoms with Gasteiger partial charge in [0.25, 0.3) is 0 Å². The fourth-order valence-electron chi connectivity index (χ4n) is 0.927. The first kappa shape index (κ1) is 15.0. The van der Waals surface area contributed by atoms with Gasteiger partial charge >= 0.3 is 6.09 Å². The molecule has 4 heteroatoms. The van der Waals surface area contributed by atoms with E-state index in [2.05, 4.69) is 24.5 Å². The van der Waals surface area contributed by atoms with Crippen molar-refractivity contribution in [2.24, 2.45) is 0 Å². The Hall–Kier alpha value is -1.03. The monoisotopic (exact) mass is 228 g/mol. The number of carbonyl (C=O) groups is 1. The summed E-state index contributed by atoms with van der Waals surface area (Å²) >= 11 is 0. The Balaban J connectivity index is 3.55. The van der Waals surface area contributed by atoms with E-state index in [-0.39, 0.29) is 6.09 Å². The molecule has 0 heterocycles. The van der Waals surface area contributed by atoms with Crippen LogP contribution in [-0.4, -0.2) is 30.8 Å². The van der Waals surface area contributed by atoms with Gasteiger partial charge in [0, 0.05) is 19.1 Å². The van der Waals surface area contributed by atoms with Crippen LogP contribution in [0.15, 0.2) is 12.2 Å². The average Bonchev–Trinajstić information content (AvgIpc) is 2.07. The molecule has 1 amide bonds. The van der Waals surface area contributed by atoms with Crippen LogP contribution in [0, 0.1) is 0 Å². The van der Waals surface area contributed by atoms with Crippen molar-refractivity contribution in [3.8, 4) is 0 Å². The Morgan fingerprint density at radius 1 is 1.25 bits per heavy atom. The molecule has 0 rings (SSSR count). The van der Waals surface area contributed by atoms with E-state index in [0.29, 0.717) is 12.6 Å². The normalized spacial score (nSPS) is 12.1. The Kier molecular flexibility index (Phi) is 6.81. The van der Waals surface area contributed by atoms with E-state index in [0.717, 1.165) is 6.54 Å². The molecule has 0 unspecified atom stereocenters. The maximum atomic E-state index is 11.2. The van der Waals surface area contributed by atoms with Gasteiger partial charge in [-0.05, 0) is 20.8 Å². The van der Waals surface area contributed by atoms with Gasteiger partial charge in [-0.1, -0.05) is 26.0 Å². The molecular formula is C12H24N2O2. The summed E-state index contributed by atoms with van der Waals surface area (Å²) in [5.74, 6) is 0. The molecule has 0 spiro atoms. The van der Waals surface area contributed by atoms with Crippen LogP contribution in [-0.2, 0) is 4.74 Å². The highest BCUT2D eigenvalue weighted by Gasteiger charge is 2.14. The Labute approximate surface area is 98.4 Å². The molecule has 0 atom stereocenters. The summed E-state index contributed by atoms with van der Waals surface area (Å²) < 4.78 is 5.08. The highest BCUT2D eigenvalue weighted by atomic mass is 16.6. The first-order valence-corrected chi connectivity index (χ1v) is 5.66. The predicted molar refractivity (Wildman–Crippen MR) is 66.5 cm³/mol. The molecule has 0 aromatic heterocycles. The standard InChI is InChI=1S/C12H24N2O2/c1-10(2)13-8-6-7-9-14-11(15)16-12(3,4)5/h6-7,10,13H,8-9H2,1-5H3,(H,14,15)/b7-6+. The first-order chi connectivity index (χ1) is 7.31. The molecule has 0 aliphatic carbocycles. The third kappa shape index (κ3) is 11.0. The van der Waals surface area contributed by atoms with Gasteiger partial charge in [0.1, 0.15) is 5.60 Å². The minimum atomic E-state index is -0.438. The van der Waals surface area contributed by atoms with Gasteiger partial charge in [-0.15, -0.1) is 0 Å². The summed E-state index contributed by atoms with van der Waals surface area (Å²) in [6.07, 6.45) is 3.50. The van der Waals surface area contributed by atoms with E-state index >= 15 is 0 Å². The predicted octanol–water partition coefficient (Wildman–Crippen LogP) is 2.07. The lowest BCUT2D eigenvalue weighted by molar-refractivity contribution is 0.0534. The molecule has 0 saturated heterocycles. The second kappa shape index (κ2) is 7.28. The molecule has 0 aliphatic rings. The smallest absolute Gasteiger partial charge is 0.407 e. The Morgan fingerprint density at radius 2 is 1.81 bits per heavy atom. The summed E-state index contributed by atoms with van der Waals surface area (Å²) in [5, 5.41) is 5.89. The summed E-state index contributed by atoms with van der Waals surface area (Å²) in [6, 6.07) is 0.475. The highest BCUT2D eigenvalue weighted by Crippen LogP contribution is 2.05. The SMILES string of the molecule is CC(C)NC/C=C/CNC(=O)OC(C)(C)C. The van der Waals surface area contributed by atoms with Gasteiger partial charge in [0.15, 0.2) is 0 Å². The van der Waals surface area contributed by atoms with Crippen molar-refractivity contribution in [1.29, 1.82) is 0 Å².